The molecule has 1 aliphatic heterocycles. The molecule has 1 saturated heterocycles. The predicted molar refractivity (Wildman–Crippen MR) is 91.8 cm³/mol. The van der Waals surface area contributed by atoms with Gasteiger partial charge in [0, 0.05) is 23.1 Å². The molecule has 0 spiro atoms. The van der Waals surface area contributed by atoms with Crippen LogP contribution in [0.25, 0.3) is 11.3 Å². The van der Waals surface area contributed by atoms with E-state index in [1.54, 1.807) is 17.8 Å². The number of morpholine rings is 1. The van der Waals surface area contributed by atoms with Gasteiger partial charge in [-0.25, -0.2) is 14.4 Å². The van der Waals surface area contributed by atoms with Gasteiger partial charge in [0.15, 0.2) is 0 Å². The van der Waals surface area contributed by atoms with Gasteiger partial charge in [-0.2, -0.15) is 0 Å². The Hall–Kier alpha value is -1.37. The van der Waals surface area contributed by atoms with E-state index in [9.17, 15) is 4.39 Å². The third-order valence-electron chi connectivity index (χ3n) is 3.78. The first-order valence-electron chi connectivity index (χ1n) is 7.31. The monoisotopic (exact) mass is 353 g/mol. The molecule has 2 heterocycles. The molecule has 2 aromatic rings. The van der Waals surface area contributed by atoms with E-state index in [4.69, 9.17) is 16.3 Å². The third-order valence-corrected chi connectivity index (χ3v) is 4.75. The Balaban J connectivity index is 2.06. The fraction of sp³-hybridized carbons (Fsp3) is 0.375. The number of hydrogen-bond donors (Lipinski definition) is 0. The molecule has 0 saturated carbocycles. The van der Waals surface area contributed by atoms with Crippen LogP contribution in [0.2, 0.25) is 5.28 Å². The van der Waals surface area contributed by atoms with Crippen LogP contribution in [-0.2, 0) is 4.74 Å². The summed E-state index contributed by atoms with van der Waals surface area (Å²) in [7, 11) is 0. The molecule has 1 aromatic heterocycles. The average Bonchev–Trinajstić information content (AvgIpc) is 2.54. The van der Waals surface area contributed by atoms with Crippen LogP contribution in [0.4, 0.5) is 10.2 Å². The average molecular weight is 354 g/mol. The summed E-state index contributed by atoms with van der Waals surface area (Å²) in [5.41, 5.74) is 1.35. The maximum atomic E-state index is 13.7. The molecule has 1 aliphatic rings. The summed E-state index contributed by atoms with van der Waals surface area (Å²) >= 11 is 7.66. The van der Waals surface area contributed by atoms with Crippen molar-refractivity contribution in [2.24, 2.45) is 0 Å². The highest BCUT2D eigenvalue weighted by atomic mass is 35.5. The molecule has 3 rings (SSSR count). The fourth-order valence-electron chi connectivity index (χ4n) is 2.64. The van der Waals surface area contributed by atoms with Crippen LogP contribution >= 0.6 is 23.4 Å². The minimum absolute atomic E-state index is 0.160. The highest BCUT2D eigenvalue weighted by Gasteiger charge is 2.22. The Morgan fingerprint density at radius 2 is 2.17 bits per heavy atom. The van der Waals surface area contributed by atoms with E-state index in [0.717, 1.165) is 22.8 Å². The molecule has 0 radical (unpaired) electrons. The van der Waals surface area contributed by atoms with Gasteiger partial charge in [0.1, 0.15) is 11.6 Å². The number of nitrogens with zero attached hydrogens (tertiary/aromatic N) is 3. The zero-order valence-corrected chi connectivity index (χ0v) is 14.5. The number of rotatable bonds is 3. The fourth-order valence-corrected chi connectivity index (χ4v) is 3.40. The summed E-state index contributed by atoms with van der Waals surface area (Å²) in [6.07, 6.45) is 1.95. The highest BCUT2D eigenvalue weighted by molar-refractivity contribution is 7.98. The summed E-state index contributed by atoms with van der Waals surface area (Å²) in [5, 5.41) is 0.160. The molecule has 23 heavy (non-hydrogen) atoms. The van der Waals surface area contributed by atoms with Gasteiger partial charge in [-0.1, -0.05) is 0 Å². The van der Waals surface area contributed by atoms with Crippen molar-refractivity contribution in [1.29, 1.82) is 0 Å². The molecule has 4 nitrogen and oxygen atoms in total. The molecule has 0 amide bonds. The first-order valence-corrected chi connectivity index (χ1v) is 8.91. The lowest BCUT2D eigenvalue weighted by Gasteiger charge is -2.34. The minimum atomic E-state index is -0.297. The van der Waals surface area contributed by atoms with Crippen molar-refractivity contribution in [3.63, 3.8) is 0 Å². The zero-order chi connectivity index (χ0) is 16.4. The van der Waals surface area contributed by atoms with Crippen molar-refractivity contribution in [2.75, 3.05) is 30.9 Å². The number of aromatic nitrogens is 2. The van der Waals surface area contributed by atoms with Gasteiger partial charge >= 0.3 is 0 Å². The van der Waals surface area contributed by atoms with Gasteiger partial charge < -0.3 is 9.64 Å². The SMILES string of the molecule is CSc1ccc(F)cc1-c1cc(N2CCOCC2C)nc(Cl)n1. The van der Waals surface area contributed by atoms with Crippen LogP contribution in [0.3, 0.4) is 0 Å². The Kier molecular flexibility index (Phi) is 5.04. The standard InChI is InChI=1S/C16H17ClFN3OS/c1-10-9-22-6-5-21(10)15-8-13(19-16(17)20-15)12-7-11(18)3-4-14(12)23-2/h3-4,7-8,10H,5-6,9H2,1-2H3. The summed E-state index contributed by atoms with van der Waals surface area (Å²) in [5.74, 6) is 0.445. The van der Waals surface area contributed by atoms with E-state index in [1.807, 2.05) is 12.3 Å². The summed E-state index contributed by atoms with van der Waals surface area (Å²) in [6, 6.07) is 6.75. The second-order valence-corrected chi connectivity index (χ2v) is 6.53. The minimum Gasteiger partial charge on any atom is -0.377 e. The second-order valence-electron chi connectivity index (χ2n) is 5.34. The normalized spacial score (nSPS) is 18.3. The van der Waals surface area contributed by atoms with Gasteiger partial charge in [0.25, 0.3) is 0 Å². The molecule has 1 aromatic carbocycles. The molecule has 0 N–H and O–H groups in total. The quantitative estimate of drug-likeness (QED) is 0.618. The van der Waals surface area contributed by atoms with E-state index in [-0.39, 0.29) is 17.1 Å². The molecular formula is C16H17ClFN3OS. The summed E-state index contributed by atoms with van der Waals surface area (Å²) in [4.78, 5) is 11.7. The van der Waals surface area contributed by atoms with Crippen LogP contribution in [0, 0.1) is 5.82 Å². The van der Waals surface area contributed by atoms with Crippen molar-refractivity contribution in [3.8, 4) is 11.3 Å². The Morgan fingerprint density at radius 3 is 2.91 bits per heavy atom. The molecule has 0 aliphatic carbocycles. The van der Waals surface area contributed by atoms with Gasteiger partial charge in [-0.15, -0.1) is 11.8 Å². The molecule has 0 bridgehead atoms. The van der Waals surface area contributed by atoms with Gasteiger partial charge in [-0.05, 0) is 43.0 Å². The lowest BCUT2D eigenvalue weighted by atomic mass is 10.1. The van der Waals surface area contributed by atoms with Gasteiger partial charge in [0.05, 0.1) is 24.9 Å². The van der Waals surface area contributed by atoms with Crippen molar-refractivity contribution in [3.05, 3.63) is 35.4 Å². The van der Waals surface area contributed by atoms with Crippen LogP contribution in [0.1, 0.15) is 6.92 Å². The predicted octanol–water partition coefficient (Wildman–Crippen LogP) is 3.88. The molecule has 7 heteroatoms. The van der Waals surface area contributed by atoms with E-state index in [2.05, 4.69) is 21.8 Å². The summed E-state index contributed by atoms with van der Waals surface area (Å²) in [6.45, 7) is 4.11. The van der Waals surface area contributed by atoms with Crippen LogP contribution in [-0.4, -0.2) is 42.0 Å². The lowest BCUT2D eigenvalue weighted by molar-refractivity contribution is 0.0985. The number of halogens is 2. The Morgan fingerprint density at radius 1 is 1.35 bits per heavy atom. The largest absolute Gasteiger partial charge is 0.377 e. The topological polar surface area (TPSA) is 38.2 Å². The van der Waals surface area contributed by atoms with Gasteiger partial charge in [0.2, 0.25) is 5.28 Å². The smallest absolute Gasteiger partial charge is 0.224 e. The van der Waals surface area contributed by atoms with Crippen molar-refractivity contribution in [1.82, 2.24) is 9.97 Å². The van der Waals surface area contributed by atoms with Crippen molar-refractivity contribution < 1.29 is 9.13 Å². The van der Waals surface area contributed by atoms with Crippen molar-refractivity contribution >= 4 is 29.2 Å². The maximum Gasteiger partial charge on any atom is 0.224 e. The second kappa shape index (κ2) is 7.03. The number of thioether (sulfide) groups is 1. The Bertz CT molecular complexity index is 716. The van der Waals surface area contributed by atoms with E-state index < -0.39 is 0 Å². The number of ether oxygens (including phenoxy) is 1. The van der Waals surface area contributed by atoms with E-state index in [0.29, 0.717) is 18.9 Å². The molecule has 122 valence electrons. The molecule has 1 atom stereocenters. The Labute approximate surface area is 144 Å². The first-order chi connectivity index (χ1) is 11.1. The summed E-state index contributed by atoms with van der Waals surface area (Å²) < 4.78 is 19.1. The molecular weight excluding hydrogens is 337 g/mol. The van der Waals surface area contributed by atoms with Crippen LogP contribution in [0.5, 0.6) is 0 Å². The molecule has 1 fully saturated rings. The highest BCUT2D eigenvalue weighted by Crippen LogP contribution is 2.32. The maximum absolute atomic E-state index is 13.7. The zero-order valence-electron chi connectivity index (χ0n) is 12.9. The van der Waals surface area contributed by atoms with Crippen LogP contribution in [0.15, 0.2) is 29.2 Å². The van der Waals surface area contributed by atoms with E-state index in [1.165, 1.54) is 12.1 Å². The van der Waals surface area contributed by atoms with E-state index >= 15 is 0 Å². The first kappa shape index (κ1) is 16.5. The number of anilines is 1. The number of benzene rings is 1. The van der Waals surface area contributed by atoms with Crippen molar-refractivity contribution in [2.45, 2.75) is 17.9 Å². The van der Waals surface area contributed by atoms with Crippen LogP contribution < -0.4 is 4.90 Å². The molecule has 1 unspecified atom stereocenters. The third kappa shape index (κ3) is 3.59. The van der Waals surface area contributed by atoms with Gasteiger partial charge in [-0.3, -0.25) is 0 Å². The number of hydrogen-bond acceptors (Lipinski definition) is 5. The lowest BCUT2D eigenvalue weighted by Crippen LogP contribution is -2.44.